The van der Waals surface area contributed by atoms with Crippen LogP contribution in [0.2, 0.25) is 0 Å². The minimum Gasteiger partial charge on any atom is -0.457 e. The van der Waals surface area contributed by atoms with E-state index in [0.29, 0.717) is 5.58 Å². The first-order valence-electron chi connectivity index (χ1n) is 3.85. The zero-order valence-electron chi connectivity index (χ0n) is 6.97. The van der Waals surface area contributed by atoms with Gasteiger partial charge in [0.2, 0.25) is 0 Å². The molecule has 2 rings (SSSR count). The molecule has 0 radical (unpaired) electrons. The minimum atomic E-state index is -0.752. The Morgan fingerprint density at radius 3 is 2.71 bits per heavy atom. The quantitative estimate of drug-likeness (QED) is 0.507. The van der Waals surface area contributed by atoms with Crippen LogP contribution in [0.3, 0.4) is 0 Å². The molecule has 0 aliphatic carbocycles. The van der Waals surface area contributed by atoms with E-state index in [1.165, 1.54) is 6.07 Å². The molecule has 1 heterocycles. The van der Waals surface area contributed by atoms with Gasteiger partial charge in [0.1, 0.15) is 5.58 Å². The van der Waals surface area contributed by atoms with Crippen molar-refractivity contribution in [3.63, 3.8) is 0 Å². The second kappa shape index (κ2) is 2.95. The Morgan fingerprint density at radius 1 is 1.29 bits per heavy atom. The number of nitro groups is 1. The molecule has 1 aromatic heterocycles. The van der Waals surface area contributed by atoms with E-state index in [9.17, 15) is 14.9 Å². The van der Waals surface area contributed by atoms with Crippen LogP contribution in [0.15, 0.2) is 39.7 Å². The van der Waals surface area contributed by atoms with E-state index in [-0.39, 0.29) is 5.39 Å². The van der Waals surface area contributed by atoms with Crippen LogP contribution < -0.4 is 5.43 Å². The van der Waals surface area contributed by atoms with Crippen molar-refractivity contribution in [3.05, 3.63) is 50.9 Å². The van der Waals surface area contributed by atoms with E-state index in [1.54, 1.807) is 18.2 Å². The first-order valence-corrected chi connectivity index (χ1v) is 3.85. The van der Waals surface area contributed by atoms with E-state index in [2.05, 4.69) is 0 Å². The molecule has 0 bridgehead atoms. The molecular formula is C9H5NO4. The predicted octanol–water partition coefficient (Wildman–Crippen LogP) is 1.70. The molecule has 1 aromatic carbocycles. The second-order valence-corrected chi connectivity index (χ2v) is 2.70. The lowest BCUT2D eigenvalue weighted by Gasteiger charge is -1.94. The molecule has 0 atom stereocenters. The van der Waals surface area contributed by atoms with Crippen LogP contribution in [0, 0.1) is 10.1 Å². The summed E-state index contributed by atoms with van der Waals surface area (Å²) in [6.45, 7) is 0. The number of hydrogen-bond acceptors (Lipinski definition) is 4. The molecule has 0 aliphatic rings. The Morgan fingerprint density at radius 2 is 2.00 bits per heavy atom. The fourth-order valence-electron chi connectivity index (χ4n) is 1.19. The zero-order valence-corrected chi connectivity index (χ0v) is 6.97. The molecule has 0 unspecified atom stereocenters. The van der Waals surface area contributed by atoms with E-state index in [1.807, 2.05) is 0 Å². The molecule has 0 saturated heterocycles. The molecular weight excluding hydrogens is 186 g/mol. The summed E-state index contributed by atoms with van der Waals surface area (Å²) in [7, 11) is 0. The predicted molar refractivity (Wildman–Crippen MR) is 49.1 cm³/mol. The number of nitrogens with zero attached hydrogens (tertiary/aromatic N) is 1. The van der Waals surface area contributed by atoms with Gasteiger partial charge in [0.05, 0.1) is 10.3 Å². The summed E-state index contributed by atoms with van der Waals surface area (Å²) in [6, 6.07) is 6.40. The van der Waals surface area contributed by atoms with Gasteiger partial charge in [-0.05, 0) is 12.1 Å². The number of fused-ring (bicyclic) bond motifs is 1. The largest absolute Gasteiger partial charge is 0.457 e. The number of hydrogen-bond donors (Lipinski definition) is 0. The highest BCUT2D eigenvalue weighted by molar-refractivity contribution is 5.77. The van der Waals surface area contributed by atoms with Crippen LogP contribution in [0.1, 0.15) is 0 Å². The highest BCUT2D eigenvalue weighted by Crippen LogP contribution is 2.13. The maximum atomic E-state index is 11.5. The standard InChI is InChI=1S/C9H5NO4/c11-9-6-3-1-2-4-8(6)14-5-7(9)10(12)13/h1-5H. The molecule has 70 valence electrons. The van der Waals surface area contributed by atoms with E-state index in [0.717, 1.165) is 6.26 Å². The van der Waals surface area contributed by atoms with E-state index >= 15 is 0 Å². The fourth-order valence-corrected chi connectivity index (χ4v) is 1.19. The highest BCUT2D eigenvalue weighted by Gasteiger charge is 2.15. The van der Waals surface area contributed by atoms with Gasteiger partial charge in [-0.15, -0.1) is 0 Å². The Labute approximate surface area is 77.7 Å². The van der Waals surface area contributed by atoms with Gasteiger partial charge in [0, 0.05) is 0 Å². The third-order valence-corrected chi connectivity index (χ3v) is 1.86. The van der Waals surface area contributed by atoms with Gasteiger partial charge in [-0.3, -0.25) is 14.9 Å². The summed E-state index contributed by atoms with van der Waals surface area (Å²) in [6.07, 6.45) is 0.866. The summed E-state index contributed by atoms with van der Waals surface area (Å²) in [5.74, 6) is 0. The average Bonchev–Trinajstić information content (AvgIpc) is 2.18. The normalized spacial score (nSPS) is 10.3. The van der Waals surface area contributed by atoms with Crippen molar-refractivity contribution in [1.82, 2.24) is 0 Å². The SMILES string of the molecule is O=c1c([N+](=O)[O-])coc2ccccc12. The number of para-hydroxylation sites is 1. The number of benzene rings is 1. The van der Waals surface area contributed by atoms with Crippen molar-refractivity contribution in [2.75, 3.05) is 0 Å². The first kappa shape index (κ1) is 8.43. The van der Waals surface area contributed by atoms with Gasteiger partial charge in [0.15, 0.2) is 6.26 Å². The van der Waals surface area contributed by atoms with Crippen LogP contribution in [0.25, 0.3) is 11.0 Å². The minimum absolute atomic E-state index is 0.224. The molecule has 0 amide bonds. The Hall–Kier alpha value is -2.17. The van der Waals surface area contributed by atoms with Crippen LogP contribution in [0.5, 0.6) is 0 Å². The molecule has 5 heteroatoms. The third-order valence-electron chi connectivity index (χ3n) is 1.86. The number of rotatable bonds is 1. The second-order valence-electron chi connectivity index (χ2n) is 2.70. The van der Waals surface area contributed by atoms with Gasteiger partial charge in [-0.2, -0.15) is 0 Å². The van der Waals surface area contributed by atoms with E-state index in [4.69, 9.17) is 4.42 Å². The highest BCUT2D eigenvalue weighted by atomic mass is 16.6. The van der Waals surface area contributed by atoms with Crippen LogP contribution in [-0.4, -0.2) is 4.92 Å². The smallest absolute Gasteiger partial charge is 0.351 e. The lowest BCUT2D eigenvalue weighted by Crippen LogP contribution is -2.07. The van der Waals surface area contributed by atoms with Gasteiger partial charge in [0.25, 0.3) is 5.43 Å². The van der Waals surface area contributed by atoms with Crippen LogP contribution >= 0.6 is 0 Å². The average molecular weight is 191 g/mol. The Bertz CT molecular complexity index is 558. The van der Waals surface area contributed by atoms with Gasteiger partial charge in [-0.25, -0.2) is 0 Å². The summed E-state index contributed by atoms with van der Waals surface area (Å²) >= 11 is 0. The summed E-state index contributed by atoms with van der Waals surface area (Å²) in [5, 5.41) is 10.6. The molecule has 0 aliphatic heterocycles. The van der Waals surface area contributed by atoms with Gasteiger partial charge in [-0.1, -0.05) is 12.1 Å². The van der Waals surface area contributed by atoms with E-state index < -0.39 is 16.0 Å². The molecule has 0 saturated carbocycles. The first-order chi connectivity index (χ1) is 6.70. The fraction of sp³-hybridized carbons (Fsp3) is 0. The van der Waals surface area contributed by atoms with Crippen LogP contribution in [0.4, 0.5) is 5.69 Å². The van der Waals surface area contributed by atoms with Crippen molar-refractivity contribution in [1.29, 1.82) is 0 Å². The topological polar surface area (TPSA) is 73.3 Å². The molecule has 0 spiro atoms. The lowest BCUT2D eigenvalue weighted by atomic mass is 10.2. The lowest BCUT2D eigenvalue weighted by molar-refractivity contribution is -0.386. The molecule has 2 aromatic rings. The van der Waals surface area contributed by atoms with Crippen molar-refractivity contribution in [2.45, 2.75) is 0 Å². The Balaban J connectivity index is 2.89. The maximum absolute atomic E-state index is 11.5. The van der Waals surface area contributed by atoms with Crippen molar-refractivity contribution in [2.24, 2.45) is 0 Å². The third kappa shape index (κ3) is 1.15. The molecule has 0 N–H and O–H groups in total. The van der Waals surface area contributed by atoms with Crippen molar-refractivity contribution < 1.29 is 9.34 Å². The molecule has 0 fully saturated rings. The van der Waals surface area contributed by atoms with Gasteiger partial charge >= 0.3 is 5.69 Å². The van der Waals surface area contributed by atoms with Crippen molar-refractivity contribution >= 4 is 16.7 Å². The summed E-state index contributed by atoms with van der Waals surface area (Å²) in [5.41, 5.74) is -0.802. The monoisotopic (exact) mass is 191 g/mol. The summed E-state index contributed by atoms with van der Waals surface area (Å²) in [4.78, 5) is 21.1. The summed E-state index contributed by atoms with van der Waals surface area (Å²) < 4.78 is 4.94. The maximum Gasteiger partial charge on any atom is 0.351 e. The van der Waals surface area contributed by atoms with Crippen molar-refractivity contribution in [3.8, 4) is 0 Å². The van der Waals surface area contributed by atoms with Gasteiger partial charge < -0.3 is 4.42 Å². The molecule has 14 heavy (non-hydrogen) atoms. The zero-order chi connectivity index (χ0) is 10.1. The van der Waals surface area contributed by atoms with Crippen LogP contribution in [-0.2, 0) is 0 Å². The Kier molecular flexibility index (Phi) is 1.78. The molecule has 5 nitrogen and oxygen atoms in total.